The van der Waals surface area contributed by atoms with Crippen molar-refractivity contribution in [1.29, 1.82) is 0 Å². The predicted molar refractivity (Wildman–Crippen MR) is 137 cm³/mol. The third-order valence-corrected chi connectivity index (χ3v) is 13.0. The van der Waals surface area contributed by atoms with Crippen LogP contribution in [0.4, 0.5) is 0 Å². The molecule has 6 fully saturated rings. The van der Waals surface area contributed by atoms with Gasteiger partial charge in [0, 0.05) is 36.3 Å². The molecule has 4 saturated carbocycles. The number of likely N-dealkylation sites (tertiary alicyclic amines) is 1. The summed E-state index contributed by atoms with van der Waals surface area (Å²) < 4.78 is 7.33. The first-order chi connectivity index (χ1) is 16.3. The van der Waals surface area contributed by atoms with Crippen LogP contribution in [-0.2, 0) is 4.74 Å². The lowest BCUT2D eigenvalue weighted by Crippen LogP contribution is -2.64. The average molecular weight is 488 g/mol. The van der Waals surface area contributed by atoms with Gasteiger partial charge in [-0.3, -0.25) is 4.90 Å². The Morgan fingerprint density at radius 3 is 2.74 bits per heavy atom. The Labute approximate surface area is 212 Å². The Morgan fingerprint density at radius 2 is 2.00 bits per heavy atom. The van der Waals surface area contributed by atoms with Crippen molar-refractivity contribution >= 4 is 11.6 Å². The van der Waals surface area contributed by atoms with E-state index in [0.29, 0.717) is 23.0 Å². The topological polar surface area (TPSA) is 32.7 Å². The highest BCUT2D eigenvalue weighted by Crippen LogP contribution is 2.93. The molecule has 0 bridgehead atoms. The van der Waals surface area contributed by atoms with Gasteiger partial charge in [0.2, 0.25) is 0 Å². The molecule has 5 aliphatic carbocycles. The van der Waals surface area contributed by atoms with E-state index in [9.17, 15) is 5.11 Å². The Morgan fingerprint density at radius 1 is 1.15 bits per heavy atom. The van der Waals surface area contributed by atoms with Crippen LogP contribution in [0.15, 0.2) is 12.2 Å². The molecule has 7 rings (SSSR count). The van der Waals surface area contributed by atoms with Gasteiger partial charge in [-0.1, -0.05) is 45.8 Å². The number of rotatable bonds is 5. The number of aliphatic hydroxyl groups is 1. The maximum atomic E-state index is 10.2. The lowest BCUT2D eigenvalue weighted by molar-refractivity contribution is -0.211. The van der Waals surface area contributed by atoms with Crippen LogP contribution in [0.25, 0.3) is 0 Å². The van der Waals surface area contributed by atoms with Crippen molar-refractivity contribution < 1.29 is 9.84 Å². The van der Waals surface area contributed by atoms with Crippen molar-refractivity contribution in [2.75, 3.05) is 19.0 Å². The molecule has 0 radical (unpaired) electrons. The van der Waals surface area contributed by atoms with E-state index in [2.05, 4.69) is 37.8 Å². The summed E-state index contributed by atoms with van der Waals surface area (Å²) in [6.07, 6.45) is 17.8. The molecule has 0 aromatic heterocycles. The number of aliphatic hydroxyl groups excluding tert-OH is 1. The second kappa shape index (κ2) is 7.49. The van der Waals surface area contributed by atoms with E-state index in [-0.39, 0.29) is 17.1 Å². The first-order valence-electron chi connectivity index (χ1n) is 14.7. The standard InChI is InChI=1S/C30H46ClNO2/c1-4-5-21-22-8-11-30-24(26-25(34-30)14-19(2)17-32(26)13-12-31)16-29(30)18-28(22,29)15-23(21)27(3)9-6-20(33)7-10-27/h6,9,19-26,33H,4-5,7-8,10-18H2,1-3H3/t19-,20+,21-,22-,23-,24+,25+,26-,27+,28?,29?,30+/m0/s1. The fourth-order valence-electron chi connectivity index (χ4n) is 11.7. The largest absolute Gasteiger partial charge is 0.389 e. The van der Waals surface area contributed by atoms with Gasteiger partial charge >= 0.3 is 0 Å². The molecule has 0 amide bonds. The number of hydrogen-bond donors (Lipinski definition) is 1. The molecule has 3 spiro atoms. The molecule has 7 aliphatic rings. The van der Waals surface area contributed by atoms with Crippen molar-refractivity contribution in [2.24, 2.45) is 45.8 Å². The Hall–Kier alpha value is -0.0900. The zero-order valence-corrected chi connectivity index (χ0v) is 22.4. The van der Waals surface area contributed by atoms with Gasteiger partial charge in [-0.2, -0.15) is 0 Å². The SMILES string of the molecule is CCC[C@H]1[C@@H]2CC[C@@]34O[C@@H]5C[C@H](C)CN(CCCl)[C@H]5[C@H]3CC43CC23C[C@@H]1[C@]1(C)C=C[C@@H](O)CC1. The number of nitrogens with zero attached hydrogens (tertiary/aromatic N) is 1. The molecular formula is C30H46ClNO2. The van der Waals surface area contributed by atoms with Gasteiger partial charge in [-0.25, -0.2) is 0 Å². The minimum atomic E-state index is -0.226. The number of fused-ring (bicyclic) bond motifs is 2. The van der Waals surface area contributed by atoms with Crippen LogP contribution in [0.2, 0.25) is 0 Å². The Balaban J connectivity index is 1.20. The molecule has 3 nitrogen and oxygen atoms in total. The molecule has 0 aromatic carbocycles. The summed E-state index contributed by atoms with van der Waals surface area (Å²) in [4.78, 5) is 2.73. The van der Waals surface area contributed by atoms with Gasteiger partial charge < -0.3 is 9.84 Å². The molecule has 2 saturated heterocycles. The molecule has 190 valence electrons. The first-order valence-corrected chi connectivity index (χ1v) is 15.2. The Bertz CT molecular complexity index is 878. The molecule has 2 heterocycles. The third-order valence-electron chi connectivity index (χ3n) is 12.9. The molecule has 0 aromatic rings. The summed E-state index contributed by atoms with van der Waals surface area (Å²) in [7, 11) is 0. The number of halogens is 1. The van der Waals surface area contributed by atoms with Crippen molar-refractivity contribution in [3.63, 3.8) is 0 Å². The lowest BCUT2D eigenvalue weighted by atomic mass is 9.47. The molecule has 34 heavy (non-hydrogen) atoms. The monoisotopic (exact) mass is 487 g/mol. The lowest BCUT2D eigenvalue weighted by Gasteiger charge is -2.60. The number of piperidine rings is 1. The molecular weight excluding hydrogens is 442 g/mol. The van der Waals surface area contributed by atoms with Crippen LogP contribution in [0.5, 0.6) is 0 Å². The van der Waals surface area contributed by atoms with Crippen molar-refractivity contribution in [3.8, 4) is 0 Å². The van der Waals surface area contributed by atoms with Gasteiger partial charge in [0.05, 0.1) is 17.8 Å². The zero-order chi connectivity index (χ0) is 23.5. The van der Waals surface area contributed by atoms with E-state index in [1.165, 1.54) is 57.9 Å². The second-order valence-electron chi connectivity index (χ2n) is 14.2. The van der Waals surface area contributed by atoms with Crippen LogP contribution in [-0.4, -0.2) is 52.8 Å². The van der Waals surface area contributed by atoms with E-state index in [0.717, 1.165) is 54.9 Å². The summed E-state index contributed by atoms with van der Waals surface area (Å²) in [5.41, 5.74) is 1.48. The van der Waals surface area contributed by atoms with Crippen LogP contribution in [0.3, 0.4) is 0 Å². The minimum Gasteiger partial charge on any atom is -0.389 e. The number of allylic oxidation sites excluding steroid dienone is 1. The predicted octanol–water partition coefficient (Wildman–Crippen LogP) is 6.03. The number of alkyl halides is 1. The van der Waals surface area contributed by atoms with Gasteiger partial charge in [-0.05, 0) is 85.9 Å². The van der Waals surface area contributed by atoms with Crippen molar-refractivity contribution in [3.05, 3.63) is 12.2 Å². The second-order valence-corrected chi connectivity index (χ2v) is 14.5. The number of ether oxygens (including phenoxy) is 1. The summed E-state index contributed by atoms with van der Waals surface area (Å²) in [5, 5.41) is 10.2. The fraction of sp³-hybridized carbons (Fsp3) is 0.933. The quantitative estimate of drug-likeness (QED) is 0.379. The summed E-state index contributed by atoms with van der Waals surface area (Å²) in [6, 6.07) is 0.624. The molecule has 4 heteroatoms. The van der Waals surface area contributed by atoms with E-state index < -0.39 is 0 Å². The first kappa shape index (κ1) is 23.1. The normalized spacial score (nSPS) is 59.4. The maximum Gasteiger partial charge on any atom is 0.0793 e. The van der Waals surface area contributed by atoms with Crippen LogP contribution >= 0.6 is 11.6 Å². The van der Waals surface area contributed by atoms with Gasteiger partial charge in [0.1, 0.15) is 0 Å². The molecule has 2 aliphatic heterocycles. The van der Waals surface area contributed by atoms with E-state index >= 15 is 0 Å². The highest BCUT2D eigenvalue weighted by atomic mass is 35.5. The van der Waals surface area contributed by atoms with Gasteiger partial charge in [-0.15, -0.1) is 11.6 Å². The molecule has 2 unspecified atom stereocenters. The number of hydrogen-bond acceptors (Lipinski definition) is 3. The molecule has 12 atom stereocenters. The highest BCUT2D eigenvalue weighted by molar-refractivity contribution is 6.18. The minimum absolute atomic E-state index is 0.179. The van der Waals surface area contributed by atoms with Crippen LogP contribution in [0.1, 0.15) is 85.0 Å². The fourth-order valence-corrected chi connectivity index (χ4v) is 11.9. The highest BCUT2D eigenvalue weighted by Gasteiger charge is 2.91. The summed E-state index contributed by atoms with van der Waals surface area (Å²) >= 11 is 6.27. The Kier molecular flexibility index (Phi) is 5.08. The zero-order valence-electron chi connectivity index (χ0n) is 21.6. The van der Waals surface area contributed by atoms with Crippen LogP contribution in [0, 0.1) is 45.8 Å². The van der Waals surface area contributed by atoms with Crippen molar-refractivity contribution in [2.45, 2.75) is 109 Å². The van der Waals surface area contributed by atoms with Gasteiger partial charge in [0.15, 0.2) is 0 Å². The smallest absolute Gasteiger partial charge is 0.0793 e. The maximum absolute atomic E-state index is 10.2. The summed E-state index contributed by atoms with van der Waals surface area (Å²) in [6.45, 7) is 9.57. The van der Waals surface area contributed by atoms with Gasteiger partial charge in [0.25, 0.3) is 0 Å². The molecule has 1 N–H and O–H groups in total. The third kappa shape index (κ3) is 2.67. The average Bonchev–Trinajstić information content (AvgIpc) is 3.30. The van der Waals surface area contributed by atoms with E-state index in [4.69, 9.17) is 16.3 Å². The van der Waals surface area contributed by atoms with Crippen molar-refractivity contribution in [1.82, 2.24) is 4.90 Å². The van der Waals surface area contributed by atoms with E-state index in [1.807, 2.05) is 0 Å². The van der Waals surface area contributed by atoms with Crippen LogP contribution < -0.4 is 0 Å². The summed E-state index contributed by atoms with van der Waals surface area (Å²) in [5.74, 6) is 4.77. The van der Waals surface area contributed by atoms with E-state index in [1.54, 1.807) is 0 Å².